The van der Waals surface area contributed by atoms with Crippen LogP contribution >= 0.6 is 23.2 Å². The van der Waals surface area contributed by atoms with Crippen molar-refractivity contribution >= 4 is 58.6 Å². The second kappa shape index (κ2) is 19.7. The van der Waals surface area contributed by atoms with Gasteiger partial charge in [0, 0.05) is 30.1 Å². The molecule has 1 aromatic carbocycles. The van der Waals surface area contributed by atoms with E-state index in [2.05, 4.69) is 26.6 Å². The van der Waals surface area contributed by atoms with Crippen LogP contribution in [-0.2, 0) is 35.2 Å². The SMILES string of the molecule is CC[C@H](NC(=O)C1(C(F)(F)F)CC1)C(=O)N[C@@H](C)C(=O)N[C@H]1CC=CCCCCNC(=O)[C@H](Cc2cc(Cl)ccc2Cl)N(C)C(=O)[C@H](CC(C)C)NC1=O. The standard InChI is InChI=1S/C37H51Cl2F3N6O6/c1-6-26(47-35(54)36(15-16-36)37(40,41)42)31(50)44-22(4)30(49)45-27-12-10-8-7-9-11-17-43-33(52)29(20-23-19-24(38)13-14-25(23)39)48(5)34(53)28(18-21(2)3)46-32(27)51/h8,10,13-14,19,21-22,26-29H,6-7,9,11-12,15-18,20H2,1-5H3,(H,43,52)(H,44,50)(H,45,49)(H,46,51)(H,47,54)/t22-,26-,27-,28-,29-/m0/s1. The first kappa shape index (κ1) is 44.5. The highest BCUT2D eigenvalue weighted by Crippen LogP contribution is 2.57. The highest BCUT2D eigenvalue weighted by Gasteiger charge is 2.68. The summed E-state index contributed by atoms with van der Waals surface area (Å²) in [6, 6.07) is -1.04. The molecule has 12 nitrogen and oxygen atoms in total. The van der Waals surface area contributed by atoms with Gasteiger partial charge in [-0.25, -0.2) is 0 Å². The van der Waals surface area contributed by atoms with E-state index in [1.807, 2.05) is 19.9 Å². The summed E-state index contributed by atoms with van der Waals surface area (Å²) < 4.78 is 40.4. The Kier molecular flexibility index (Phi) is 16.2. The van der Waals surface area contributed by atoms with E-state index in [-0.39, 0.29) is 44.4 Å². The summed E-state index contributed by atoms with van der Waals surface area (Å²) in [5.41, 5.74) is -1.96. The molecule has 0 radical (unpaired) electrons. The summed E-state index contributed by atoms with van der Waals surface area (Å²) >= 11 is 12.6. The van der Waals surface area contributed by atoms with Crippen molar-refractivity contribution in [3.8, 4) is 0 Å². The molecule has 2 aliphatic rings. The van der Waals surface area contributed by atoms with Crippen molar-refractivity contribution in [2.24, 2.45) is 11.3 Å². The molecule has 1 saturated carbocycles. The minimum absolute atomic E-state index is 0.0377. The molecule has 5 N–H and O–H groups in total. The summed E-state index contributed by atoms with van der Waals surface area (Å²) in [7, 11) is 1.47. The number of hydrogen-bond acceptors (Lipinski definition) is 6. The average Bonchev–Trinajstić information content (AvgIpc) is 3.92. The molecule has 0 saturated heterocycles. The number of alkyl halides is 3. The molecule has 0 unspecified atom stereocenters. The zero-order valence-electron chi connectivity index (χ0n) is 31.2. The third-order valence-corrected chi connectivity index (χ3v) is 10.2. The smallest absolute Gasteiger partial charge is 0.354 e. The van der Waals surface area contributed by atoms with Crippen LogP contribution in [0, 0.1) is 11.3 Å². The lowest BCUT2D eigenvalue weighted by atomic mass is 9.99. The van der Waals surface area contributed by atoms with Crippen LogP contribution in [0.15, 0.2) is 30.4 Å². The monoisotopic (exact) mass is 802 g/mol. The number of nitrogens with zero attached hydrogens (tertiary/aromatic N) is 1. The van der Waals surface area contributed by atoms with Gasteiger partial charge in [-0.15, -0.1) is 0 Å². The molecule has 300 valence electrons. The minimum atomic E-state index is -4.76. The number of allylic oxidation sites excluding steroid dienone is 1. The summed E-state index contributed by atoms with van der Waals surface area (Å²) in [6.45, 7) is 6.92. The third-order valence-electron chi connectivity index (χ3n) is 9.64. The van der Waals surface area contributed by atoms with Crippen molar-refractivity contribution in [2.45, 2.75) is 122 Å². The predicted molar refractivity (Wildman–Crippen MR) is 198 cm³/mol. The van der Waals surface area contributed by atoms with Crippen LogP contribution in [0.1, 0.15) is 84.6 Å². The Bertz CT molecular complexity index is 1570. The molecule has 0 aromatic heterocycles. The first-order chi connectivity index (χ1) is 25.3. The molecule has 0 spiro atoms. The number of amides is 6. The quantitative estimate of drug-likeness (QED) is 0.209. The van der Waals surface area contributed by atoms with Gasteiger partial charge in [-0.05, 0) is 88.0 Å². The summed E-state index contributed by atoms with van der Waals surface area (Å²) in [6.07, 6.45) is 0.232. The fourth-order valence-electron chi connectivity index (χ4n) is 6.07. The van der Waals surface area contributed by atoms with Gasteiger partial charge in [0.2, 0.25) is 35.4 Å². The van der Waals surface area contributed by atoms with E-state index in [1.165, 1.54) is 25.8 Å². The molecular formula is C37H51Cl2F3N6O6. The number of nitrogens with one attached hydrogen (secondary N) is 5. The lowest BCUT2D eigenvalue weighted by molar-refractivity contribution is -0.192. The van der Waals surface area contributed by atoms with Gasteiger partial charge in [0.05, 0.1) is 0 Å². The Balaban J connectivity index is 1.80. The van der Waals surface area contributed by atoms with Crippen LogP contribution < -0.4 is 26.6 Å². The maximum Gasteiger partial charge on any atom is 0.403 e. The van der Waals surface area contributed by atoms with E-state index >= 15 is 0 Å². The van der Waals surface area contributed by atoms with E-state index < -0.39 is 77.2 Å². The lowest BCUT2D eigenvalue weighted by Crippen LogP contribution is -2.59. The normalized spacial score (nSPS) is 22.5. The number of benzene rings is 1. The van der Waals surface area contributed by atoms with Gasteiger partial charge in [-0.1, -0.05) is 56.1 Å². The maximum atomic E-state index is 14.1. The number of hydrogen-bond donors (Lipinski definition) is 5. The van der Waals surface area contributed by atoms with Gasteiger partial charge in [-0.3, -0.25) is 28.8 Å². The molecule has 1 aromatic rings. The minimum Gasteiger partial charge on any atom is -0.354 e. The summed E-state index contributed by atoms with van der Waals surface area (Å²) in [5.74, 6) is -4.65. The molecule has 3 rings (SSSR count). The fourth-order valence-corrected chi connectivity index (χ4v) is 6.46. The van der Waals surface area contributed by atoms with Crippen LogP contribution in [0.5, 0.6) is 0 Å². The van der Waals surface area contributed by atoms with E-state index in [1.54, 1.807) is 24.3 Å². The average molecular weight is 804 g/mol. The second-order valence-electron chi connectivity index (χ2n) is 14.4. The first-order valence-corrected chi connectivity index (χ1v) is 19.0. The second-order valence-corrected chi connectivity index (χ2v) is 15.2. The molecule has 1 fully saturated rings. The zero-order valence-corrected chi connectivity index (χ0v) is 32.7. The van der Waals surface area contributed by atoms with Crippen molar-refractivity contribution in [3.05, 3.63) is 46.0 Å². The van der Waals surface area contributed by atoms with E-state index in [0.717, 1.165) is 0 Å². The molecule has 0 bridgehead atoms. The predicted octanol–water partition coefficient (Wildman–Crippen LogP) is 4.37. The number of likely N-dealkylation sites (N-methyl/N-ethyl adjacent to an activating group) is 1. The first-order valence-electron chi connectivity index (χ1n) is 18.2. The third kappa shape index (κ3) is 12.1. The molecule has 6 amide bonds. The Morgan fingerprint density at radius 1 is 1.00 bits per heavy atom. The van der Waals surface area contributed by atoms with Gasteiger partial charge in [-0.2, -0.15) is 13.2 Å². The van der Waals surface area contributed by atoms with Gasteiger partial charge >= 0.3 is 6.18 Å². The summed E-state index contributed by atoms with van der Waals surface area (Å²) in [5, 5.41) is 13.6. The van der Waals surface area contributed by atoms with Crippen molar-refractivity contribution < 1.29 is 41.9 Å². The molecule has 1 aliphatic carbocycles. The van der Waals surface area contributed by atoms with Crippen LogP contribution in [0.4, 0.5) is 13.2 Å². The van der Waals surface area contributed by atoms with Gasteiger partial charge < -0.3 is 31.5 Å². The van der Waals surface area contributed by atoms with Crippen LogP contribution in [0.3, 0.4) is 0 Å². The van der Waals surface area contributed by atoms with E-state index in [9.17, 15) is 41.9 Å². The van der Waals surface area contributed by atoms with Gasteiger partial charge in [0.1, 0.15) is 35.6 Å². The number of halogens is 5. The highest BCUT2D eigenvalue weighted by molar-refractivity contribution is 6.33. The number of carbonyl (C=O) groups is 6. The fraction of sp³-hybridized carbons (Fsp3) is 0.622. The zero-order chi connectivity index (χ0) is 40.4. The Morgan fingerprint density at radius 2 is 1.69 bits per heavy atom. The van der Waals surface area contributed by atoms with Gasteiger partial charge in [0.25, 0.3) is 0 Å². The Morgan fingerprint density at radius 3 is 2.30 bits per heavy atom. The molecule has 17 heteroatoms. The molecule has 54 heavy (non-hydrogen) atoms. The number of carbonyl (C=O) groups excluding carboxylic acids is 6. The summed E-state index contributed by atoms with van der Waals surface area (Å²) in [4.78, 5) is 81.6. The maximum absolute atomic E-state index is 14.1. The van der Waals surface area contributed by atoms with E-state index in [0.29, 0.717) is 41.4 Å². The van der Waals surface area contributed by atoms with Crippen LogP contribution in [0.25, 0.3) is 0 Å². The number of rotatable bonds is 11. The Hall–Kier alpha value is -3.85. The van der Waals surface area contributed by atoms with Crippen LogP contribution in [0.2, 0.25) is 10.0 Å². The van der Waals surface area contributed by atoms with Crippen LogP contribution in [-0.4, -0.2) is 90.3 Å². The van der Waals surface area contributed by atoms with Crippen molar-refractivity contribution in [1.29, 1.82) is 0 Å². The largest absolute Gasteiger partial charge is 0.403 e. The van der Waals surface area contributed by atoms with Gasteiger partial charge in [0.15, 0.2) is 0 Å². The molecule has 1 heterocycles. The van der Waals surface area contributed by atoms with Crippen molar-refractivity contribution in [3.63, 3.8) is 0 Å². The highest BCUT2D eigenvalue weighted by atomic mass is 35.5. The topological polar surface area (TPSA) is 166 Å². The Labute approximate surface area is 324 Å². The van der Waals surface area contributed by atoms with E-state index in [4.69, 9.17) is 23.2 Å². The molecular weight excluding hydrogens is 752 g/mol. The van der Waals surface area contributed by atoms with Crippen molar-refractivity contribution in [1.82, 2.24) is 31.5 Å². The lowest BCUT2D eigenvalue weighted by Gasteiger charge is -2.32. The molecule has 1 aliphatic heterocycles. The van der Waals surface area contributed by atoms with Crippen molar-refractivity contribution in [2.75, 3.05) is 13.6 Å². The molecule has 5 atom stereocenters.